The number of thiazole rings is 1. The molecule has 1 saturated heterocycles. The Balaban J connectivity index is 1.59. The summed E-state index contributed by atoms with van der Waals surface area (Å²) < 4.78 is 9.24. The van der Waals surface area contributed by atoms with Gasteiger partial charge >= 0.3 is 0 Å². The number of hydrogen-bond acceptors (Lipinski definition) is 6. The Morgan fingerprint density at radius 1 is 1.50 bits per heavy atom. The van der Waals surface area contributed by atoms with E-state index in [2.05, 4.69) is 21.9 Å². The van der Waals surface area contributed by atoms with Crippen molar-refractivity contribution in [2.45, 2.75) is 36.8 Å². The number of benzene rings is 1. The third kappa shape index (κ3) is 4.29. The number of nitrogens with one attached hydrogen (secondary N) is 2. The Bertz CT molecular complexity index is 609. The van der Waals surface area contributed by atoms with Crippen LogP contribution >= 0.6 is 34.9 Å². The topological polar surface area (TPSA) is 46.2 Å². The standard InChI is InChI=1S/C15H18ClN3OS2/c1-10-8-11(4-5-17-10)20-14-3-2-12(9-13(14)16)22-19-15-18-6-7-21-15/h2-3,6-7,9-11,17H,4-5,8H2,1H3,(H,18,19)/t10-,11-/m0/s1. The molecule has 0 unspecified atom stereocenters. The molecular weight excluding hydrogens is 338 g/mol. The molecule has 0 amide bonds. The number of aromatic nitrogens is 1. The van der Waals surface area contributed by atoms with Crippen LogP contribution in [0.3, 0.4) is 0 Å². The Labute approximate surface area is 143 Å². The Hall–Kier alpha value is -0.950. The number of nitrogens with zero attached hydrogens (tertiary/aromatic N) is 1. The molecule has 1 aromatic heterocycles. The fourth-order valence-corrected chi connectivity index (χ4v) is 3.94. The van der Waals surface area contributed by atoms with Crippen LogP contribution < -0.4 is 14.8 Å². The van der Waals surface area contributed by atoms with Crippen molar-refractivity contribution in [1.82, 2.24) is 10.3 Å². The molecule has 0 aliphatic carbocycles. The van der Waals surface area contributed by atoms with E-state index >= 15 is 0 Å². The Morgan fingerprint density at radius 2 is 2.41 bits per heavy atom. The van der Waals surface area contributed by atoms with E-state index in [0.717, 1.165) is 35.2 Å². The van der Waals surface area contributed by atoms with Gasteiger partial charge in [-0.15, -0.1) is 11.3 Å². The Kier molecular flexibility index (Phi) is 5.46. The molecule has 4 nitrogen and oxygen atoms in total. The van der Waals surface area contributed by atoms with Crippen LogP contribution in [0.1, 0.15) is 19.8 Å². The number of hydrogen-bond donors (Lipinski definition) is 2. The minimum Gasteiger partial charge on any atom is -0.489 e. The summed E-state index contributed by atoms with van der Waals surface area (Å²) >= 11 is 9.41. The first-order valence-corrected chi connectivity index (χ1v) is 9.30. The van der Waals surface area contributed by atoms with Crippen molar-refractivity contribution in [3.05, 3.63) is 34.8 Å². The number of halogens is 1. The molecule has 0 radical (unpaired) electrons. The molecule has 0 spiro atoms. The maximum atomic E-state index is 6.35. The molecule has 1 aliphatic heterocycles. The summed E-state index contributed by atoms with van der Waals surface area (Å²) in [6.45, 7) is 3.18. The van der Waals surface area contributed by atoms with E-state index in [1.807, 2.05) is 23.6 Å². The fourth-order valence-electron chi connectivity index (χ4n) is 2.39. The average Bonchev–Trinajstić information content (AvgIpc) is 3.01. The van der Waals surface area contributed by atoms with Crippen molar-refractivity contribution in [2.24, 2.45) is 0 Å². The summed E-state index contributed by atoms with van der Waals surface area (Å²) in [7, 11) is 0. The van der Waals surface area contributed by atoms with Gasteiger partial charge in [-0.1, -0.05) is 11.6 Å². The van der Waals surface area contributed by atoms with E-state index in [4.69, 9.17) is 16.3 Å². The maximum absolute atomic E-state index is 6.35. The zero-order valence-corrected chi connectivity index (χ0v) is 14.6. The van der Waals surface area contributed by atoms with Crippen LogP contribution in [0, 0.1) is 0 Å². The highest BCUT2D eigenvalue weighted by molar-refractivity contribution is 8.00. The summed E-state index contributed by atoms with van der Waals surface area (Å²) in [4.78, 5) is 5.21. The molecule has 2 N–H and O–H groups in total. The predicted molar refractivity (Wildman–Crippen MR) is 94.2 cm³/mol. The number of piperidine rings is 1. The lowest BCUT2D eigenvalue weighted by Gasteiger charge is -2.28. The number of rotatable bonds is 5. The number of anilines is 1. The molecule has 2 atom stereocenters. The summed E-state index contributed by atoms with van der Waals surface area (Å²) in [5.41, 5.74) is 0. The molecule has 0 saturated carbocycles. The van der Waals surface area contributed by atoms with Gasteiger partial charge in [-0.3, -0.25) is 0 Å². The van der Waals surface area contributed by atoms with Crippen LogP contribution in [-0.2, 0) is 0 Å². The molecule has 1 fully saturated rings. The van der Waals surface area contributed by atoms with Gasteiger partial charge in [-0.25, -0.2) is 4.98 Å². The van der Waals surface area contributed by atoms with Crippen LogP contribution in [0.25, 0.3) is 0 Å². The zero-order valence-electron chi connectivity index (χ0n) is 12.2. The first-order valence-electron chi connectivity index (χ1n) is 7.22. The molecule has 7 heteroatoms. The van der Waals surface area contributed by atoms with Crippen LogP contribution in [0.15, 0.2) is 34.7 Å². The molecule has 118 valence electrons. The second kappa shape index (κ2) is 7.55. The van der Waals surface area contributed by atoms with E-state index < -0.39 is 0 Å². The molecular formula is C15H18ClN3OS2. The van der Waals surface area contributed by atoms with E-state index in [1.54, 1.807) is 17.5 Å². The minimum atomic E-state index is 0.237. The van der Waals surface area contributed by atoms with Crippen molar-refractivity contribution in [2.75, 3.05) is 11.3 Å². The highest BCUT2D eigenvalue weighted by Gasteiger charge is 2.20. The van der Waals surface area contributed by atoms with Crippen molar-refractivity contribution in [1.29, 1.82) is 0 Å². The van der Waals surface area contributed by atoms with Crippen LogP contribution in [-0.4, -0.2) is 23.7 Å². The van der Waals surface area contributed by atoms with E-state index in [0.29, 0.717) is 11.1 Å². The second-order valence-electron chi connectivity index (χ2n) is 5.25. The van der Waals surface area contributed by atoms with Gasteiger partial charge in [-0.2, -0.15) is 0 Å². The highest BCUT2D eigenvalue weighted by atomic mass is 35.5. The van der Waals surface area contributed by atoms with Crippen molar-refractivity contribution in [3.63, 3.8) is 0 Å². The average molecular weight is 356 g/mol. The first-order chi connectivity index (χ1) is 10.7. The van der Waals surface area contributed by atoms with E-state index in [1.165, 1.54) is 11.9 Å². The fraction of sp³-hybridized carbons (Fsp3) is 0.400. The molecule has 22 heavy (non-hydrogen) atoms. The third-order valence-corrected chi connectivity index (χ3v) is 5.36. The molecule has 2 heterocycles. The van der Waals surface area contributed by atoms with Crippen LogP contribution in [0.2, 0.25) is 5.02 Å². The maximum Gasteiger partial charge on any atom is 0.192 e. The van der Waals surface area contributed by atoms with Crippen LogP contribution in [0.4, 0.5) is 5.13 Å². The quantitative estimate of drug-likeness (QED) is 0.776. The smallest absolute Gasteiger partial charge is 0.192 e. The third-order valence-electron chi connectivity index (χ3n) is 3.46. The van der Waals surface area contributed by atoms with Gasteiger partial charge < -0.3 is 14.8 Å². The van der Waals surface area contributed by atoms with Gasteiger partial charge in [0.2, 0.25) is 0 Å². The molecule has 0 bridgehead atoms. The largest absolute Gasteiger partial charge is 0.489 e. The van der Waals surface area contributed by atoms with Gasteiger partial charge in [0.1, 0.15) is 11.9 Å². The van der Waals surface area contributed by atoms with Gasteiger partial charge in [0.05, 0.1) is 5.02 Å². The lowest BCUT2D eigenvalue weighted by atomic mass is 10.0. The van der Waals surface area contributed by atoms with Gasteiger partial charge in [0.25, 0.3) is 0 Å². The second-order valence-corrected chi connectivity index (χ2v) is 7.43. The normalized spacial score (nSPS) is 21.5. The van der Waals surface area contributed by atoms with Gasteiger partial charge in [0.15, 0.2) is 5.13 Å². The molecule has 1 aromatic carbocycles. The predicted octanol–water partition coefficient (Wildman–Crippen LogP) is 4.44. The minimum absolute atomic E-state index is 0.237. The van der Waals surface area contributed by atoms with Gasteiger partial charge in [-0.05, 0) is 56.5 Å². The number of ether oxygens (including phenoxy) is 1. The molecule has 3 rings (SSSR count). The van der Waals surface area contributed by atoms with E-state index in [9.17, 15) is 0 Å². The summed E-state index contributed by atoms with van der Waals surface area (Å²) in [6, 6.07) is 6.37. The van der Waals surface area contributed by atoms with Crippen molar-refractivity contribution in [3.8, 4) is 5.75 Å². The zero-order chi connectivity index (χ0) is 15.4. The van der Waals surface area contributed by atoms with Crippen molar-refractivity contribution < 1.29 is 4.74 Å². The van der Waals surface area contributed by atoms with Gasteiger partial charge in [0, 0.05) is 22.5 Å². The monoisotopic (exact) mass is 355 g/mol. The lowest BCUT2D eigenvalue weighted by molar-refractivity contribution is 0.144. The molecule has 2 aromatic rings. The first kappa shape index (κ1) is 15.9. The van der Waals surface area contributed by atoms with Crippen LogP contribution in [0.5, 0.6) is 5.75 Å². The summed E-state index contributed by atoms with van der Waals surface area (Å²) in [6.07, 6.45) is 4.04. The summed E-state index contributed by atoms with van der Waals surface area (Å²) in [5.74, 6) is 0.763. The Morgan fingerprint density at radius 3 is 3.14 bits per heavy atom. The van der Waals surface area contributed by atoms with Crippen molar-refractivity contribution >= 4 is 40.0 Å². The van der Waals surface area contributed by atoms with E-state index in [-0.39, 0.29) is 6.10 Å². The molecule has 1 aliphatic rings. The SMILES string of the molecule is C[C@H]1C[C@@H](Oc2ccc(SNc3nccs3)cc2Cl)CCN1. The highest BCUT2D eigenvalue weighted by Crippen LogP contribution is 2.32. The lowest BCUT2D eigenvalue weighted by Crippen LogP contribution is -2.40. The summed E-state index contributed by atoms with van der Waals surface area (Å²) in [5, 5.41) is 6.89.